The lowest BCUT2D eigenvalue weighted by atomic mass is 10.2. The van der Waals surface area contributed by atoms with Crippen molar-refractivity contribution in [2.45, 2.75) is 42.4 Å². The predicted octanol–water partition coefficient (Wildman–Crippen LogP) is 3.28. The van der Waals surface area contributed by atoms with Crippen molar-refractivity contribution in [2.75, 3.05) is 13.2 Å². The van der Waals surface area contributed by atoms with Gasteiger partial charge < -0.3 is 9.64 Å². The molecule has 0 bridgehead atoms. The van der Waals surface area contributed by atoms with Gasteiger partial charge in [0.05, 0.1) is 18.3 Å². The van der Waals surface area contributed by atoms with Gasteiger partial charge in [0, 0.05) is 17.5 Å². The molecule has 1 unspecified atom stereocenters. The van der Waals surface area contributed by atoms with E-state index in [0.29, 0.717) is 6.61 Å². The zero-order valence-electron chi connectivity index (χ0n) is 13.4. The highest BCUT2D eigenvalue weighted by Gasteiger charge is 2.33. The molecule has 4 nitrogen and oxygen atoms in total. The Kier molecular flexibility index (Phi) is 6.71. The lowest BCUT2D eigenvalue weighted by molar-refractivity contribution is -0.145. The molecule has 23 heavy (non-hydrogen) atoms. The van der Waals surface area contributed by atoms with Crippen LogP contribution in [0.15, 0.2) is 47.9 Å². The molecule has 0 radical (unpaired) electrons. The van der Waals surface area contributed by atoms with Gasteiger partial charge in [0.2, 0.25) is 5.91 Å². The normalized spacial score (nSPS) is 18.5. The van der Waals surface area contributed by atoms with Crippen LogP contribution in [-0.2, 0) is 14.3 Å². The summed E-state index contributed by atoms with van der Waals surface area (Å²) < 4.78 is 5.03. The molecule has 124 valence electrons. The van der Waals surface area contributed by atoms with Gasteiger partial charge in [-0.25, -0.2) is 0 Å². The van der Waals surface area contributed by atoms with E-state index >= 15 is 0 Å². The predicted molar refractivity (Wildman–Crippen MR) is 92.3 cm³/mol. The van der Waals surface area contributed by atoms with Crippen molar-refractivity contribution < 1.29 is 14.3 Å². The molecule has 1 aromatic rings. The molecule has 2 rings (SSSR count). The van der Waals surface area contributed by atoms with Crippen molar-refractivity contribution >= 4 is 23.6 Å². The third kappa shape index (κ3) is 4.86. The molecule has 2 atom stereocenters. The largest absolute Gasteiger partial charge is 0.466 e. The number of nitrogens with zero attached hydrogens (tertiary/aromatic N) is 1. The number of esters is 1. The maximum atomic E-state index is 12.9. The van der Waals surface area contributed by atoms with E-state index in [9.17, 15) is 9.59 Å². The van der Waals surface area contributed by atoms with Gasteiger partial charge in [-0.05, 0) is 31.9 Å². The third-order valence-electron chi connectivity index (χ3n) is 3.81. The van der Waals surface area contributed by atoms with Crippen LogP contribution in [0.25, 0.3) is 0 Å². The first-order valence-corrected chi connectivity index (χ1v) is 8.84. The molecule has 1 heterocycles. The Bertz CT molecular complexity index is 546. The molecule has 1 aromatic carbocycles. The lowest BCUT2D eigenvalue weighted by Crippen LogP contribution is -2.41. The number of amides is 1. The van der Waals surface area contributed by atoms with Crippen LogP contribution in [0.5, 0.6) is 0 Å². The van der Waals surface area contributed by atoms with Crippen molar-refractivity contribution in [1.82, 2.24) is 4.90 Å². The van der Waals surface area contributed by atoms with Crippen LogP contribution in [0.2, 0.25) is 0 Å². The van der Waals surface area contributed by atoms with Gasteiger partial charge in [-0.1, -0.05) is 24.3 Å². The molecule has 1 aliphatic heterocycles. The molecule has 1 amide bonds. The van der Waals surface area contributed by atoms with Gasteiger partial charge in [0.15, 0.2) is 0 Å². The number of benzene rings is 1. The van der Waals surface area contributed by atoms with Crippen LogP contribution in [0.4, 0.5) is 0 Å². The van der Waals surface area contributed by atoms with E-state index in [0.717, 1.165) is 24.3 Å². The van der Waals surface area contributed by atoms with Gasteiger partial charge in [-0.2, -0.15) is 0 Å². The van der Waals surface area contributed by atoms with Gasteiger partial charge in [0.25, 0.3) is 0 Å². The molecular formula is C18H23NO3S. The highest BCUT2D eigenvalue weighted by Crippen LogP contribution is 2.30. The lowest BCUT2D eigenvalue weighted by Gasteiger charge is -2.26. The van der Waals surface area contributed by atoms with E-state index in [1.165, 1.54) is 11.8 Å². The van der Waals surface area contributed by atoms with Crippen molar-refractivity contribution in [2.24, 2.45) is 0 Å². The number of hydrogen-bond donors (Lipinski definition) is 0. The number of carbonyl (C=O) groups is 2. The number of ether oxygens (including phenoxy) is 1. The summed E-state index contributed by atoms with van der Waals surface area (Å²) in [5.41, 5.74) is 0. The minimum absolute atomic E-state index is 0.00527. The van der Waals surface area contributed by atoms with Crippen LogP contribution in [-0.4, -0.2) is 41.2 Å². The maximum absolute atomic E-state index is 12.9. The average molecular weight is 333 g/mol. The minimum atomic E-state index is -0.461. The molecule has 0 saturated carbocycles. The monoisotopic (exact) mass is 333 g/mol. The Morgan fingerprint density at radius 2 is 2.17 bits per heavy atom. The van der Waals surface area contributed by atoms with Crippen molar-refractivity contribution in [3.05, 3.63) is 43.0 Å². The summed E-state index contributed by atoms with van der Waals surface area (Å²) in [5, 5.41) is -0.461. The minimum Gasteiger partial charge on any atom is -0.466 e. The summed E-state index contributed by atoms with van der Waals surface area (Å²) in [7, 11) is 0. The van der Waals surface area contributed by atoms with E-state index in [1.807, 2.05) is 41.3 Å². The number of hydrogen-bond acceptors (Lipinski definition) is 4. The Morgan fingerprint density at radius 3 is 2.83 bits per heavy atom. The summed E-state index contributed by atoms with van der Waals surface area (Å²) in [5.74, 6) is -0.335. The summed E-state index contributed by atoms with van der Waals surface area (Å²) in [6, 6.07) is 9.76. The van der Waals surface area contributed by atoms with Gasteiger partial charge in [-0.15, -0.1) is 18.3 Å². The van der Waals surface area contributed by atoms with Gasteiger partial charge in [-0.3, -0.25) is 9.59 Å². The molecule has 1 saturated heterocycles. The molecule has 0 N–H and O–H groups in total. The van der Waals surface area contributed by atoms with Crippen molar-refractivity contribution in [3.8, 4) is 0 Å². The Balaban J connectivity index is 2.13. The Hall–Kier alpha value is -1.75. The summed E-state index contributed by atoms with van der Waals surface area (Å²) in [6.07, 6.45) is 3.83. The first-order chi connectivity index (χ1) is 11.2. The van der Waals surface area contributed by atoms with Gasteiger partial charge in [0.1, 0.15) is 0 Å². The smallest absolute Gasteiger partial charge is 0.307 e. The van der Waals surface area contributed by atoms with Crippen LogP contribution < -0.4 is 0 Å². The van der Waals surface area contributed by atoms with Crippen molar-refractivity contribution in [1.29, 1.82) is 0 Å². The first-order valence-electron chi connectivity index (χ1n) is 7.96. The van der Waals surface area contributed by atoms with E-state index in [4.69, 9.17) is 4.74 Å². The topological polar surface area (TPSA) is 46.6 Å². The average Bonchev–Trinajstić information content (AvgIpc) is 3.03. The molecule has 0 aliphatic carbocycles. The number of likely N-dealkylation sites (tertiary alicyclic amines) is 1. The molecule has 1 fully saturated rings. The quantitative estimate of drug-likeness (QED) is 0.436. The van der Waals surface area contributed by atoms with E-state index < -0.39 is 5.25 Å². The summed E-state index contributed by atoms with van der Waals surface area (Å²) in [4.78, 5) is 27.6. The van der Waals surface area contributed by atoms with Crippen LogP contribution in [0.3, 0.4) is 0 Å². The molecular weight excluding hydrogens is 310 g/mol. The highest BCUT2D eigenvalue weighted by atomic mass is 32.2. The second-order valence-electron chi connectivity index (χ2n) is 5.41. The number of rotatable bonds is 7. The fraction of sp³-hybridized carbons (Fsp3) is 0.444. The van der Waals surface area contributed by atoms with Gasteiger partial charge >= 0.3 is 5.97 Å². The summed E-state index contributed by atoms with van der Waals surface area (Å²) in [6.45, 7) is 6.64. The third-order valence-corrected chi connectivity index (χ3v) is 5.01. The fourth-order valence-electron chi connectivity index (χ4n) is 2.71. The highest BCUT2D eigenvalue weighted by molar-refractivity contribution is 8.00. The standard InChI is InChI=1S/C18H23NO3S/c1-3-14-9-8-12-19(14)18(21)16(13-17(20)22-4-2)23-15-10-6-5-7-11-15/h3,5-7,10-11,14,16H,1,4,8-9,12-13H2,2H3/t14-,16?/m1/s1. The summed E-state index contributed by atoms with van der Waals surface area (Å²) >= 11 is 1.42. The number of thioether (sulfide) groups is 1. The first kappa shape index (κ1) is 17.6. The van der Waals surface area contributed by atoms with Crippen molar-refractivity contribution in [3.63, 3.8) is 0 Å². The fourth-order valence-corrected chi connectivity index (χ4v) is 3.81. The Morgan fingerprint density at radius 1 is 1.43 bits per heavy atom. The van der Waals surface area contributed by atoms with E-state index in [1.54, 1.807) is 6.92 Å². The van der Waals surface area contributed by atoms with Crippen LogP contribution in [0.1, 0.15) is 26.2 Å². The zero-order chi connectivity index (χ0) is 16.7. The van der Waals surface area contributed by atoms with E-state index in [-0.39, 0.29) is 24.3 Å². The molecule has 0 aromatic heterocycles. The molecule has 5 heteroatoms. The SMILES string of the molecule is C=C[C@@H]1CCCN1C(=O)C(CC(=O)OCC)Sc1ccccc1. The second-order valence-corrected chi connectivity index (χ2v) is 6.68. The Labute approximate surface area is 141 Å². The van der Waals surface area contributed by atoms with E-state index in [2.05, 4.69) is 6.58 Å². The van der Waals surface area contributed by atoms with Crippen LogP contribution in [0, 0.1) is 0 Å². The zero-order valence-corrected chi connectivity index (χ0v) is 14.3. The molecule has 0 spiro atoms. The van der Waals surface area contributed by atoms with Crippen LogP contribution >= 0.6 is 11.8 Å². The maximum Gasteiger partial charge on any atom is 0.307 e. The number of carbonyl (C=O) groups excluding carboxylic acids is 2. The molecule has 1 aliphatic rings. The second kappa shape index (κ2) is 8.77.